The number of benzene rings is 2. The van der Waals surface area contributed by atoms with Crippen molar-refractivity contribution in [1.82, 2.24) is 10.6 Å². The molecule has 0 bridgehead atoms. The lowest BCUT2D eigenvalue weighted by molar-refractivity contribution is 0.408. The van der Waals surface area contributed by atoms with Gasteiger partial charge < -0.3 is 20.1 Å². The van der Waals surface area contributed by atoms with E-state index in [0.29, 0.717) is 13.1 Å². The molecule has 128 valence electrons. The molecule has 24 heavy (non-hydrogen) atoms. The molecule has 0 heterocycles. The maximum absolute atomic E-state index is 5.43. The molecule has 2 aromatic rings. The molecule has 0 fully saturated rings. The number of hydrogen-bond acceptors (Lipinski definition) is 3. The fourth-order valence-electron chi connectivity index (χ4n) is 2.33. The lowest BCUT2D eigenvalue weighted by Crippen LogP contribution is -2.36. The van der Waals surface area contributed by atoms with Crippen LogP contribution >= 0.6 is 0 Å². The number of methoxy groups -OCH3 is 2. The van der Waals surface area contributed by atoms with Gasteiger partial charge in [0.15, 0.2) is 5.96 Å². The lowest BCUT2D eigenvalue weighted by Gasteiger charge is -2.14. The van der Waals surface area contributed by atoms with Gasteiger partial charge in [0.2, 0.25) is 0 Å². The molecule has 0 saturated heterocycles. The highest BCUT2D eigenvalue weighted by molar-refractivity contribution is 5.79. The van der Waals surface area contributed by atoms with Crippen LogP contribution in [0.5, 0.6) is 11.5 Å². The summed E-state index contributed by atoms with van der Waals surface area (Å²) in [6, 6.07) is 14.1. The summed E-state index contributed by atoms with van der Waals surface area (Å²) in [7, 11) is 5.11. The third-order valence-electron chi connectivity index (χ3n) is 3.73. The predicted molar refractivity (Wildman–Crippen MR) is 97.8 cm³/mol. The molecule has 0 atom stereocenters. The van der Waals surface area contributed by atoms with Gasteiger partial charge in [0.05, 0.1) is 14.2 Å². The molecular formula is C19H25N3O2. The maximum atomic E-state index is 5.43. The molecule has 0 amide bonds. The summed E-state index contributed by atoms with van der Waals surface area (Å²) in [5.41, 5.74) is 3.43. The Morgan fingerprint density at radius 3 is 2.29 bits per heavy atom. The van der Waals surface area contributed by atoms with Gasteiger partial charge in [-0.25, -0.2) is 0 Å². The third-order valence-corrected chi connectivity index (χ3v) is 3.73. The molecule has 2 aromatic carbocycles. The van der Waals surface area contributed by atoms with Crippen LogP contribution in [0.3, 0.4) is 0 Å². The van der Waals surface area contributed by atoms with E-state index in [1.807, 2.05) is 30.3 Å². The summed E-state index contributed by atoms with van der Waals surface area (Å²) in [6.07, 6.45) is 0. The van der Waals surface area contributed by atoms with Gasteiger partial charge in [-0.05, 0) is 36.2 Å². The Hall–Kier alpha value is -2.69. The molecule has 0 aliphatic heterocycles. The molecule has 0 unspecified atom stereocenters. The van der Waals surface area contributed by atoms with Crippen LogP contribution < -0.4 is 20.1 Å². The first kappa shape index (κ1) is 17.7. The SMILES string of the molecule is CN=C(NCc1ccc(OC)cc1)NCc1ccc(C)cc1OC. The van der Waals surface area contributed by atoms with Crippen LogP contribution in [-0.2, 0) is 13.1 Å². The van der Waals surface area contributed by atoms with Crippen molar-refractivity contribution in [2.24, 2.45) is 4.99 Å². The van der Waals surface area contributed by atoms with E-state index >= 15 is 0 Å². The largest absolute Gasteiger partial charge is 0.497 e. The van der Waals surface area contributed by atoms with Gasteiger partial charge in [-0.1, -0.05) is 24.3 Å². The molecule has 0 saturated carbocycles. The summed E-state index contributed by atoms with van der Waals surface area (Å²) in [4.78, 5) is 4.25. The lowest BCUT2D eigenvalue weighted by atomic mass is 10.1. The Kier molecular flexibility index (Phi) is 6.49. The molecule has 2 rings (SSSR count). The van der Waals surface area contributed by atoms with Crippen molar-refractivity contribution in [3.05, 3.63) is 59.2 Å². The zero-order valence-electron chi connectivity index (χ0n) is 14.7. The number of ether oxygens (including phenoxy) is 2. The van der Waals surface area contributed by atoms with Gasteiger partial charge in [0.25, 0.3) is 0 Å². The molecule has 0 aliphatic carbocycles. The molecule has 0 aliphatic rings. The number of guanidine groups is 1. The molecule has 0 spiro atoms. The summed E-state index contributed by atoms with van der Waals surface area (Å²) < 4.78 is 10.6. The smallest absolute Gasteiger partial charge is 0.191 e. The molecular weight excluding hydrogens is 302 g/mol. The first-order chi connectivity index (χ1) is 11.7. The average molecular weight is 327 g/mol. The standard InChI is InChI=1S/C19H25N3O2/c1-14-5-8-16(18(11-14)24-4)13-22-19(20-2)21-12-15-6-9-17(23-3)10-7-15/h5-11H,12-13H2,1-4H3,(H2,20,21,22). The van der Waals surface area contributed by atoms with Crippen LogP contribution in [0.25, 0.3) is 0 Å². The Balaban J connectivity index is 1.90. The summed E-state index contributed by atoms with van der Waals surface area (Å²) >= 11 is 0. The summed E-state index contributed by atoms with van der Waals surface area (Å²) in [6.45, 7) is 3.38. The quantitative estimate of drug-likeness (QED) is 0.633. The first-order valence-electron chi connectivity index (χ1n) is 7.87. The van der Waals surface area contributed by atoms with E-state index in [9.17, 15) is 0 Å². The van der Waals surface area contributed by atoms with E-state index in [4.69, 9.17) is 9.47 Å². The fourth-order valence-corrected chi connectivity index (χ4v) is 2.33. The van der Waals surface area contributed by atoms with Gasteiger partial charge in [-0.2, -0.15) is 0 Å². The highest BCUT2D eigenvalue weighted by atomic mass is 16.5. The molecule has 5 heteroatoms. The third kappa shape index (κ3) is 4.91. The molecule has 2 N–H and O–H groups in total. The predicted octanol–water partition coefficient (Wildman–Crippen LogP) is 2.88. The van der Waals surface area contributed by atoms with Crippen molar-refractivity contribution in [1.29, 1.82) is 0 Å². The van der Waals surface area contributed by atoms with Crippen LogP contribution in [0.4, 0.5) is 0 Å². The Morgan fingerprint density at radius 2 is 1.67 bits per heavy atom. The summed E-state index contributed by atoms with van der Waals surface area (Å²) in [5.74, 6) is 2.48. The fraction of sp³-hybridized carbons (Fsp3) is 0.316. The highest BCUT2D eigenvalue weighted by Crippen LogP contribution is 2.19. The zero-order chi connectivity index (χ0) is 17.4. The number of nitrogens with one attached hydrogen (secondary N) is 2. The van der Waals surface area contributed by atoms with Gasteiger partial charge >= 0.3 is 0 Å². The van der Waals surface area contributed by atoms with Crippen LogP contribution in [0.2, 0.25) is 0 Å². The molecule has 0 radical (unpaired) electrons. The van der Waals surface area contributed by atoms with Crippen LogP contribution in [0.15, 0.2) is 47.5 Å². The minimum absolute atomic E-state index is 0.645. The number of aryl methyl sites for hydroxylation is 1. The van der Waals surface area contributed by atoms with Gasteiger partial charge in [0.1, 0.15) is 11.5 Å². The van der Waals surface area contributed by atoms with Crippen molar-refractivity contribution < 1.29 is 9.47 Å². The highest BCUT2D eigenvalue weighted by Gasteiger charge is 2.05. The normalized spacial score (nSPS) is 11.1. The second-order valence-corrected chi connectivity index (χ2v) is 5.44. The van der Waals surface area contributed by atoms with E-state index in [0.717, 1.165) is 28.6 Å². The van der Waals surface area contributed by atoms with E-state index in [1.165, 1.54) is 5.56 Å². The Morgan fingerprint density at radius 1 is 0.958 bits per heavy atom. The van der Waals surface area contributed by atoms with Crippen LogP contribution in [0.1, 0.15) is 16.7 Å². The average Bonchev–Trinajstić information content (AvgIpc) is 2.63. The van der Waals surface area contributed by atoms with E-state index in [2.05, 4.69) is 34.7 Å². The number of aliphatic imine (C=N–C) groups is 1. The van der Waals surface area contributed by atoms with Crippen molar-refractivity contribution >= 4 is 5.96 Å². The molecule has 0 aromatic heterocycles. The van der Waals surface area contributed by atoms with E-state index in [1.54, 1.807) is 21.3 Å². The van der Waals surface area contributed by atoms with Crippen molar-refractivity contribution in [2.45, 2.75) is 20.0 Å². The van der Waals surface area contributed by atoms with Gasteiger partial charge in [0, 0.05) is 25.7 Å². The number of hydrogen-bond donors (Lipinski definition) is 2. The Labute approximate surface area is 143 Å². The van der Waals surface area contributed by atoms with E-state index in [-0.39, 0.29) is 0 Å². The number of nitrogens with zero attached hydrogens (tertiary/aromatic N) is 1. The second-order valence-electron chi connectivity index (χ2n) is 5.44. The minimum atomic E-state index is 0.645. The first-order valence-corrected chi connectivity index (χ1v) is 7.87. The molecule has 5 nitrogen and oxygen atoms in total. The van der Waals surface area contributed by atoms with Crippen molar-refractivity contribution in [2.75, 3.05) is 21.3 Å². The zero-order valence-corrected chi connectivity index (χ0v) is 14.7. The van der Waals surface area contributed by atoms with Crippen LogP contribution in [-0.4, -0.2) is 27.2 Å². The van der Waals surface area contributed by atoms with Crippen molar-refractivity contribution in [3.63, 3.8) is 0 Å². The van der Waals surface area contributed by atoms with Crippen molar-refractivity contribution in [3.8, 4) is 11.5 Å². The second kappa shape index (κ2) is 8.82. The monoisotopic (exact) mass is 327 g/mol. The van der Waals surface area contributed by atoms with Gasteiger partial charge in [-0.15, -0.1) is 0 Å². The van der Waals surface area contributed by atoms with E-state index < -0.39 is 0 Å². The minimum Gasteiger partial charge on any atom is -0.497 e. The topological polar surface area (TPSA) is 54.9 Å². The number of rotatable bonds is 6. The maximum Gasteiger partial charge on any atom is 0.191 e. The summed E-state index contributed by atoms with van der Waals surface area (Å²) in [5, 5.41) is 6.61. The van der Waals surface area contributed by atoms with Crippen LogP contribution in [0, 0.1) is 6.92 Å². The Bertz CT molecular complexity index is 682. The van der Waals surface area contributed by atoms with Gasteiger partial charge in [-0.3, -0.25) is 4.99 Å².